The van der Waals surface area contributed by atoms with E-state index < -0.39 is 0 Å². The Kier molecular flexibility index (Phi) is 3.32. The van der Waals surface area contributed by atoms with Gasteiger partial charge in [0.15, 0.2) is 0 Å². The Morgan fingerprint density at radius 3 is 2.72 bits per heavy atom. The van der Waals surface area contributed by atoms with Crippen molar-refractivity contribution in [1.82, 2.24) is 0 Å². The lowest BCUT2D eigenvalue weighted by atomic mass is 10.0. The van der Waals surface area contributed by atoms with Crippen molar-refractivity contribution in [1.29, 1.82) is 5.26 Å². The predicted octanol–water partition coefficient (Wildman–Crippen LogP) is 2.87. The molecule has 1 aliphatic rings. The molecule has 96 valence electrons. The molecule has 1 aliphatic heterocycles. The van der Waals surface area contributed by atoms with Crippen molar-refractivity contribution in [2.45, 2.75) is 39.4 Å². The molecule has 0 aromatic heterocycles. The van der Waals surface area contributed by atoms with Gasteiger partial charge < -0.3 is 9.64 Å². The number of ether oxygens (including phenoxy) is 1. The summed E-state index contributed by atoms with van der Waals surface area (Å²) in [6, 6.07) is 8.23. The number of morpholine rings is 1. The van der Waals surface area contributed by atoms with E-state index in [2.05, 4.69) is 37.8 Å². The van der Waals surface area contributed by atoms with Crippen LogP contribution in [0, 0.1) is 18.3 Å². The minimum Gasteiger partial charge on any atom is -0.369 e. The molecule has 0 bridgehead atoms. The average molecular weight is 244 g/mol. The molecular formula is C15H20N2O. The molecule has 2 rings (SSSR count). The first-order valence-electron chi connectivity index (χ1n) is 6.35. The molecule has 1 aromatic rings. The molecule has 0 aliphatic carbocycles. The summed E-state index contributed by atoms with van der Waals surface area (Å²) in [5, 5.41) is 8.96. The first kappa shape index (κ1) is 12.9. The summed E-state index contributed by atoms with van der Waals surface area (Å²) in [4.78, 5) is 2.34. The zero-order chi connectivity index (χ0) is 13.3. The summed E-state index contributed by atoms with van der Waals surface area (Å²) in [5.74, 6) is 0. The molecule has 1 saturated heterocycles. The van der Waals surface area contributed by atoms with Crippen LogP contribution in [0.5, 0.6) is 0 Å². The van der Waals surface area contributed by atoms with Crippen molar-refractivity contribution in [2.75, 3.05) is 18.0 Å². The Labute approximate surface area is 109 Å². The molecule has 1 atom stereocenters. The van der Waals surface area contributed by atoms with Crippen molar-refractivity contribution >= 4 is 5.69 Å². The molecular weight excluding hydrogens is 224 g/mol. The van der Waals surface area contributed by atoms with E-state index in [1.807, 2.05) is 19.1 Å². The molecule has 1 aromatic carbocycles. The third-order valence-corrected chi connectivity index (χ3v) is 3.26. The van der Waals surface area contributed by atoms with Gasteiger partial charge in [-0.1, -0.05) is 0 Å². The third-order valence-electron chi connectivity index (χ3n) is 3.26. The van der Waals surface area contributed by atoms with Gasteiger partial charge in [-0.25, -0.2) is 0 Å². The minimum atomic E-state index is -0.126. The Morgan fingerprint density at radius 2 is 2.17 bits per heavy atom. The molecule has 1 fully saturated rings. The van der Waals surface area contributed by atoms with Crippen molar-refractivity contribution in [3.05, 3.63) is 29.3 Å². The van der Waals surface area contributed by atoms with Gasteiger partial charge in [0, 0.05) is 18.8 Å². The molecule has 1 heterocycles. The maximum atomic E-state index is 8.96. The Morgan fingerprint density at radius 1 is 1.44 bits per heavy atom. The highest BCUT2D eigenvalue weighted by Gasteiger charge is 2.31. The van der Waals surface area contributed by atoms with Crippen LogP contribution in [-0.4, -0.2) is 24.8 Å². The SMILES string of the molecule is Cc1cc(N2CC(C)OC(C)(C)C2)ccc1C#N. The molecule has 1 unspecified atom stereocenters. The Balaban J connectivity index is 2.26. The van der Waals surface area contributed by atoms with Gasteiger partial charge in [-0.3, -0.25) is 0 Å². The normalized spacial score (nSPS) is 22.6. The zero-order valence-corrected chi connectivity index (χ0v) is 11.5. The third kappa shape index (κ3) is 2.65. The number of hydrogen-bond donors (Lipinski definition) is 0. The van der Waals surface area contributed by atoms with Crippen LogP contribution < -0.4 is 4.90 Å². The summed E-state index contributed by atoms with van der Waals surface area (Å²) < 4.78 is 5.91. The first-order chi connectivity index (χ1) is 8.41. The fraction of sp³-hybridized carbons (Fsp3) is 0.533. The highest BCUT2D eigenvalue weighted by Crippen LogP contribution is 2.27. The van der Waals surface area contributed by atoms with Crippen molar-refractivity contribution in [2.24, 2.45) is 0 Å². The molecule has 3 heteroatoms. The maximum absolute atomic E-state index is 8.96. The van der Waals surface area contributed by atoms with E-state index in [0.29, 0.717) is 0 Å². The number of nitrogens with zero attached hydrogens (tertiary/aromatic N) is 2. The smallest absolute Gasteiger partial charge is 0.0994 e. The van der Waals surface area contributed by atoms with Crippen LogP contribution in [0.25, 0.3) is 0 Å². The zero-order valence-electron chi connectivity index (χ0n) is 11.5. The molecule has 3 nitrogen and oxygen atoms in total. The van der Waals surface area contributed by atoms with Gasteiger partial charge in [0.2, 0.25) is 0 Å². The Hall–Kier alpha value is -1.53. The maximum Gasteiger partial charge on any atom is 0.0994 e. The molecule has 0 spiro atoms. The summed E-state index contributed by atoms with van der Waals surface area (Å²) >= 11 is 0. The molecule has 18 heavy (non-hydrogen) atoms. The van der Waals surface area contributed by atoms with Crippen LogP contribution in [0.3, 0.4) is 0 Å². The second kappa shape index (κ2) is 4.62. The summed E-state index contributed by atoms with van der Waals surface area (Å²) in [7, 11) is 0. The van der Waals surface area contributed by atoms with Crippen LogP contribution in [-0.2, 0) is 4.74 Å². The van der Waals surface area contributed by atoms with E-state index >= 15 is 0 Å². The number of benzene rings is 1. The van der Waals surface area contributed by atoms with E-state index in [1.165, 1.54) is 5.69 Å². The van der Waals surface area contributed by atoms with E-state index in [4.69, 9.17) is 10.00 Å². The van der Waals surface area contributed by atoms with Gasteiger partial charge in [-0.2, -0.15) is 5.26 Å². The van der Waals surface area contributed by atoms with Gasteiger partial charge in [0.1, 0.15) is 0 Å². The van der Waals surface area contributed by atoms with E-state index in [-0.39, 0.29) is 11.7 Å². The monoisotopic (exact) mass is 244 g/mol. The molecule has 0 amide bonds. The second-order valence-corrected chi connectivity index (χ2v) is 5.68. The average Bonchev–Trinajstić information content (AvgIpc) is 2.26. The second-order valence-electron chi connectivity index (χ2n) is 5.68. The van der Waals surface area contributed by atoms with Crippen molar-refractivity contribution in [3.63, 3.8) is 0 Å². The van der Waals surface area contributed by atoms with Crippen LogP contribution >= 0.6 is 0 Å². The summed E-state index contributed by atoms with van der Waals surface area (Å²) in [6.07, 6.45) is 0.227. The number of hydrogen-bond acceptors (Lipinski definition) is 3. The lowest BCUT2D eigenvalue weighted by molar-refractivity contribution is -0.0749. The van der Waals surface area contributed by atoms with Gasteiger partial charge in [0.25, 0.3) is 0 Å². The topological polar surface area (TPSA) is 36.3 Å². The molecule has 0 radical (unpaired) electrons. The lowest BCUT2D eigenvalue weighted by Crippen LogP contribution is -2.52. The van der Waals surface area contributed by atoms with Crippen molar-refractivity contribution < 1.29 is 4.74 Å². The lowest BCUT2D eigenvalue weighted by Gasteiger charge is -2.43. The van der Waals surface area contributed by atoms with Crippen LogP contribution in [0.2, 0.25) is 0 Å². The fourth-order valence-corrected chi connectivity index (χ4v) is 2.62. The van der Waals surface area contributed by atoms with Gasteiger partial charge >= 0.3 is 0 Å². The van der Waals surface area contributed by atoms with Crippen LogP contribution in [0.1, 0.15) is 31.9 Å². The number of aryl methyl sites for hydroxylation is 1. The summed E-state index contributed by atoms with van der Waals surface area (Å²) in [6.45, 7) is 10.1. The molecule has 0 N–H and O–H groups in total. The standard InChI is InChI=1S/C15H20N2O/c1-11-7-14(6-5-13(11)8-16)17-9-12(2)18-15(3,4)10-17/h5-7,12H,9-10H2,1-4H3. The van der Waals surface area contributed by atoms with E-state index in [9.17, 15) is 0 Å². The van der Waals surface area contributed by atoms with Crippen molar-refractivity contribution in [3.8, 4) is 6.07 Å². The van der Waals surface area contributed by atoms with E-state index in [1.54, 1.807) is 0 Å². The van der Waals surface area contributed by atoms with Gasteiger partial charge in [-0.15, -0.1) is 0 Å². The number of anilines is 1. The highest BCUT2D eigenvalue weighted by atomic mass is 16.5. The molecule has 0 saturated carbocycles. The quantitative estimate of drug-likeness (QED) is 0.762. The predicted molar refractivity (Wildman–Crippen MR) is 72.7 cm³/mol. The number of rotatable bonds is 1. The van der Waals surface area contributed by atoms with E-state index in [0.717, 1.165) is 24.2 Å². The van der Waals surface area contributed by atoms with Crippen LogP contribution in [0.4, 0.5) is 5.69 Å². The van der Waals surface area contributed by atoms with Crippen LogP contribution in [0.15, 0.2) is 18.2 Å². The summed E-state index contributed by atoms with van der Waals surface area (Å²) in [5.41, 5.74) is 2.83. The fourth-order valence-electron chi connectivity index (χ4n) is 2.62. The number of nitriles is 1. The van der Waals surface area contributed by atoms with Gasteiger partial charge in [0.05, 0.1) is 23.3 Å². The highest BCUT2D eigenvalue weighted by molar-refractivity contribution is 5.54. The Bertz CT molecular complexity index is 488. The minimum absolute atomic E-state index is 0.126. The van der Waals surface area contributed by atoms with Gasteiger partial charge in [-0.05, 0) is 51.5 Å². The largest absolute Gasteiger partial charge is 0.369 e. The first-order valence-corrected chi connectivity index (χ1v) is 6.35.